The second kappa shape index (κ2) is 9.60. The number of nitrogens with one attached hydrogen (secondary N) is 1. The van der Waals surface area contributed by atoms with Crippen LogP contribution in [0.4, 0.5) is 0 Å². The molecule has 0 saturated carbocycles. The van der Waals surface area contributed by atoms with Crippen LogP contribution < -0.4 is 10.1 Å². The summed E-state index contributed by atoms with van der Waals surface area (Å²) >= 11 is 0. The maximum atomic E-state index is 12.0. The zero-order chi connectivity index (χ0) is 14.2. The third-order valence-corrected chi connectivity index (χ3v) is 3.28. The molecule has 1 N–H and O–H groups in total. The van der Waals surface area contributed by atoms with Gasteiger partial charge in [-0.2, -0.15) is 0 Å². The fourth-order valence-corrected chi connectivity index (χ4v) is 2.06. The molecule has 0 aromatic heterocycles. The van der Waals surface area contributed by atoms with Crippen molar-refractivity contribution in [3.63, 3.8) is 0 Å². The largest absolute Gasteiger partial charge is 0.492 e. The third-order valence-electron chi connectivity index (χ3n) is 3.28. The van der Waals surface area contributed by atoms with Crippen LogP contribution in [0.5, 0.6) is 5.75 Å². The summed E-state index contributed by atoms with van der Waals surface area (Å²) in [6.45, 7) is 3.24. The van der Waals surface area contributed by atoms with E-state index in [1.165, 1.54) is 0 Å². The van der Waals surface area contributed by atoms with Crippen molar-refractivity contribution in [2.45, 2.75) is 12.5 Å². The van der Waals surface area contributed by atoms with E-state index in [9.17, 15) is 4.79 Å². The number of amides is 1. The van der Waals surface area contributed by atoms with Crippen LogP contribution in [0.15, 0.2) is 30.3 Å². The average molecular weight is 315 g/mol. The zero-order valence-corrected chi connectivity index (χ0v) is 13.1. The predicted octanol–water partition coefficient (Wildman–Crippen LogP) is 1.32. The molecular formula is C15H23ClN2O3. The number of para-hydroxylation sites is 1. The van der Waals surface area contributed by atoms with Gasteiger partial charge in [-0.1, -0.05) is 18.2 Å². The van der Waals surface area contributed by atoms with Crippen LogP contribution in [-0.4, -0.2) is 56.8 Å². The van der Waals surface area contributed by atoms with Crippen molar-refractivity contribution >= 4 is 18.3 Å². The molecule has 0 spiro atoms. The summed E-state index contributed by atoms with van der Waals surface area (Å²) in [7, 11) is 1.81. The molecule has 1 unspecified atom stereocenters. The second-order valence-electron chi connectivity index (χ2n) is 4.91. The van der Waals surface area contributed by atoms with E-state index in [1.54, 1.807) is 11.9 Å². The van der Waals surface area contributed by atoms with Gasteiger partial charge in [0.05, 0.1) is 19.8 Å². The lowest BCUT2D eigenvalue weighted by Crippen LogP contribution is -2.45. The van der Waals surface area contributed by atoms with E-state index >= 15 is 0 Å². The molecule has 1 heterocycles. The Balaban J connectivity index is 0.00000220. The highest BCUT2D eigenvalue weighted by Gasteiger charge is 2.19. The topological polar surface area (TPSA) is 50.8 Å². The fourth-order valence-electron chi connectivity index (χ4n) is 2.06. The quantitative estimate of drug-likeness (QED) is 0.860. The van der Waals surface area contributed by atoms with Crippen LogP contribution >= 0.6 is 12.4 Å². The first-order valence-corrected chi connectivity index (χ1v) is 6.98. The van der Waals surface area contributed by atoms with Crippen molar-refractivity contribution in [3.8, 4) is 5.75 Å². The van der Waals surface area contributed by atoms with Crippen molar-refractivity contribution in [2.75, 3.05) is 40.0 Å². The van der Waals surface area contributed by atoms with Crippen molar-refractivity contribution in [3.05, 3.63) is 30.3 Å². The first kappa shape index (κ1) is 17.8. The molecule has 1 aliphatic heterocycles. The highest BCUT2D eigenvalue weighted by Crippen LogP contribution is 2.08. The molecule has 1 aromatic carbocycles. The lowest BCUT2D eigenvalue weighted by atomic mass is 10.2. The number of carbonyl (C=O) groups is 1. The number of halogens is 1. The number of hydrogen-bond acceptors (Lipinski definition) is 4. The Bertz CT molecular complexity index is 411. The van der Waals surface area contributed by atoms with E-state index < -0.39 is 0 Å². The van der Waals surface area contributed by atoms with E-state index in [-0.39, 0.29) is 24.4 Å². The van der Waals surface area contributed by atoms with Crippen molar-refractivity contribution in [1.29, 1.82) is 0 Å². The number of ether oxygens (including phenoxy) is 2. The second-order valence-corrected chi connectivity index (χ2v) is 4.91. The number of hydrogen-bond donors (Lipinski definition) is 1. The number of benzene rings is 1. The lowest BCUT2D eigenvalue weighted by Gasteiger charge is -2.25. The van der Waals surface area contributed by atoms with Gasteiger partial charge in [0.1, 0.15) is 12.4 Å². The summed E-state index contributed by atoms with van der Waals surface area (Å²) in [4.78, 5) is 13.7. The lowest BCUT2D eigenvalue weighted by molar-refractivity contribution is -0.131. The van der Waals surface area contributed by atoms with Gasteiger partial charge in [0, 0.05) is 26.1 Å². The minimum Gasteiger partial charge on any atom is -0.492 e. The summed E-state index contributed by atoms with van der Waals surface area (Å²) in [5.41, 5.74) is 0. The number of carbonyl (C=O) groups excluding carboxylic acids is 1. The van der Waals surface area contributed by atoms with Gasteiger partial charge in [-0.05, 0) is 12.1 Å². The molecule has 0 aliphatic carbocycles. The van der Waals surface area contributed by atoms with Crippen LogP contribution in [0, 0.1) is 0 Å². The van der Waals surface area contributed by atoms with Gasteiger partial charge in [0.2, 0.25) is 5.91 Å². The molecule has 1 aromatic rings. The first-order chi connectivity index (χ1) is 9.75. The Morgan fingerprint density at radius 3 is 2.86 bits per heavy atom. The fraction of sp³-hybridized carbons (Fsp3) is 0.533. The minimum atomic E-state index is 0. The number of nitrogens with zero attached hydrogens (tertiary/aromatic N) is 1. The summed E-state index contributed by atoms with van der Waals surface area (Å²) in [6.07, 6.45) is 0.474. The summed E-state index contributed by atoms with van der Waals surface area (Å²) in [5, 5.41) is 3.28. The van der Waals surface area contributed by atoms with Gasteiger partial charge in [0.25, 0.3) is 0 Å². The average Bonchev–Trinajstić information content (AvgIpc) is 2.49. The van der Waals surface area contributed by atoms with Gasteiger partial charge in [0.15, 0.2) is 0 Å². The summed E-state index contributed by atoms with van der Waals surface area (Å²) in [5.74, 6) is 0.945. The molecule has 2 rings (SSSR count). The van der Waals surface area contributed by atoms with Gasteiger partial charge < -0.3 is 19.7 Å². The predicted molar refractivity (Wildman–Crippen MR) is 84.0 cm³/mol. The molecule has 1 aliphatic rings. The molecule has 5 nitrogen and oxygen atoms in total. The Hall–Kier alpha value is -1.30. The standard InChI is InChI=1S/C15H22N2O3.ClH/c1-17(8-10-20-14-5-3-2-4-6-14)15(18)11-13-12-19-9-7-16-13;/h2-6,13,16H,7-12H2,1H3;1H. The molecule has 6 heteroatoms. The molecule has 118 valence electrons. The van der Waals surface area contributed by atoms with Gasteiger partial charge >= 0.3 is 0 Å². The summed E-state index contributed by atoms with van der Waals surface area (Å²) < 4.78 is 10.9. The maximum Gasteiger partial charge on any atom is 0.224 e. The molecule has 0 radical (unpaired) electrons. The molecule has 1 saturated heterocycles. The van der Waals surface area contributed by atoms with Crippen LogP contribution in [0.3, 0.4) is 0 Å². The number of rotatable bonds is 6. The Morgan fingerprint density at radius 2 is 2.19 bits per heavy atom. The Morgan fingerprint density at radius 1 is 1.43 bits per heavy atom. The van der Waals surface area contributed by atoms with Gasteiger partial charge in [-0.3, -0.25) is 4.79 Å². The van der Waals surface area contributed by atoms with Crippen LogP contribution in [0.2, 0.25) is 0 Å². The van der Waals surface area contributed by atoms with Crippen LogP contribution in [-0.2, 0) is 9.53 Å². The molecule has 21 heavy (non-hydrogen) atoms. The van der Waals surface area contributed by atoms with E-state index in [1.807, 2.05) is 30.3 Å². The third kappa shape index (κ3) is 6.33. The molecular weight excluding hydrogens is 292 g/mol. The normalized spacial score (nSPS) is 17.7. The Labute approximate surface area is 132 Å². The van der Waals surface area contributed by atoms with Crippen molar-refractivity contribution < 1.29 is 14.3 Å². The SMILES string of the molecule is CN(CCOc1ccccc1)C(=O)CC1COCCN1.Cl. The van der Waals surface area contributed by atoms with Crippen molar-refractivity contribution in [2.24, 2.45) is 0 Å². The highest BCUT2D eigenvalue weighted by molar-refractivity contribution is 5.85. The molecule has 0 bridgehead atoms. The first-order valence-electron chi connectivity index (χ1n) is 6.98. The van der Waals surface area contributed by atoms with E-state index in [0.29, 0.717) is 26.2 Å². The van der Waals surface area contributed by atoms with E-state index in [4.69, 9.17) is 9.47 Å². The molecule has 1 fully saturated rings. The van der Waals surface area contributed by atoms with Gasteiger partial charge in [-0.25, -0.2) is 0 Å². The Kier molecular flexibility index (Phi) is 8.12. The highest BCUT2D eigenvalue weighted by atomic mass is 35.5. The number of likely N-dealkylation sites (N-methyl/N-ethyl adjacent to an activating group) is 1. The molecule has 1 amide bonds. The van der Waals surface area contributed by atoms with Crippen LogP contribution in [0.25, 0.3) is 0 Å². The zero-order valence-electron chi connectivity index (χ0n) is 12.3. The minimum absolute atomic E-state index is 0. The van der Waals surface area contributed by atoms with E-state index in [2.05, 4.69) is 5.32 Å². The molecule has 1 atom stereocenters. The monoisotopic (exact) mass is 314 g/mol. The van der Waals surface area contributed by atoms with Crippen molar-refractivity contribution in [1.82, 2.24) is 10.2 Å². The van der Waals surface area contributed by atoms with E-state index in [0.717, 1.165) is 18.9 Å². The number of morpholine rings is 1. The van der Waals surface area contributed by atoms with Gasteiger partial charge in [-0.15, -0.1) is 12.4 Å². The smallest absolute Gasteiger partial charge is 0.224 e. The van der Waals surface area contributed by atoms with Crippen LogP contribution in [0.1, 0.15) is 6.42 Å². The maximum absolute atomic E-state index is 12.0. The summed E-state index contributed by atoms with van der Waals surface area (Å²) in [6, 6.07) is 9.75.